The molecule has 0 atom stereocenters. The molecule has 9 nitrogen and oxygen atoms in total. The highest BCUT2D eigenvalue weighted by Gasteiger charge is 2.25. The predicted octanol–water partition coefficient (Wildman–Crippen LogP) is 2.78. The van der Waals surface area contributed by atoms with E-state index in [1.807, 2.05) is 0 Å². The third-order valence-corrected chi connectivity index (χ3v) is 7.29. The molecule has 10 heteroatoms. The highest BCUT2D eigenvalue weighted by atomic mass is 32.2. The summed E-state index contributed by atoms with van der Waals surface area (Å²) >= 11 is 0. The Bertz CT molecular complexity index is 1240. The summed E-state index contributed by atoms with van der Waals surface area (Å²) in [7, 11) is -3.46. The van der Waals surface area contributed by atoms with Crippen LogP contribution in [0.1, 0.15) is 31.2 Å². The quantitative estimate of drug-likeness (QED) is 0.563. The van der Waals surface area contributed by atoms with Crippen LogP contribution in [0.5, 0.6) is 0 Å². The van der Waals surface area contributed by atoms with Crippen LogP contribution in [-0.2, 0) is 21.2 Å². The molecule has 168 valence electrons. The molecule has 1 aliphatic rings. The zero-order valence-electron chi connectivity index (χ0n) is 17.4. The van der Waals surface area contributed by atoms with Gasteiger partial charge in [-0.3, -0.25) is 14.3 Å². The molecule has 4 rings (SSSR count). The average molecular weight is 457 g/mol. The number of sulfonamides is 1. The minimum Gasteiger partial charge on any atom is -0.326 e. The SMILES string of the molecule is O=C(CCc1ccc(S(=O)(=O)N2CCCCC2)cc1)Nc1cccc(-c2noc(=O)[nH]2)c1. The van der Waals surface area contributed by atoms with Gasteiger partial charge in [-0.05, 0) is 49.1 Å². The summed E-state index contributed by atoms with van der Waals surface area (Å²) in [5.41, 5.74) is 2.06. The van der Waals surface area contributed by atoms with E-state index in [2.05, 4.69) is 20.0 Å². The van der Waals surface area contributed by atoms with Crippen molar-refractivity contribution in [3.63, 3.8) is 0 Å². The van der Waals surface area contributed by atoms with Gasteiger partial charge in [0, 0.05) is 30.8 Å². The number of aromatic nitrogens is 2. The highest BCUT2D eigenvalue weighted by molar-refractivity contribution is 7.89. The van der Waals surface area contributed by atoms with Crippen molar-refractivity contribution in [3.8, 4) is 11.4 Å². The summed E-state index contributed by atoms with van der Waals surface area (Å²) < 4.78 is 31.5. The fourth-order valence-electron chi connectivity index (χ4n) is 3.66. The van der Waals surface area contributed by atoms with Gasteiger partial charge in [-0.15, -0.1) is 0 Å². The molecule has 0 bridgehead atoms. The van der Waals surface area contributed by atoms with Crippen LogP contribution in [0.2, 0.25) is 0 Å². The third kappa shape index (κ3) is 5.14. The van der Waals surface area contributed by atoms with Crippen molar-refractivity contribution in [1.29, 1.82) is 0 Å². The van der Waals surface area contributed by atoms with Crippen molar-refractivity contribution in [3.05, 3.63) is 64.6 Å². The van der Waals surface area contributed by atoms with Gasteiger partial charge in [0.25, 0.3) is 0 Å². The number of aryl methyl sites for hydroxylation is 1. The van der Waals surface area contributed by atoms with Crippen LogP contribution < -0.4 is 11.1 Å². The number of benzene rings is 2. The van der Waals surface area contributed by atoms with Gasteiger partial charge >= 0.3 is 5.76 Å². The molecule has 0 spiro atoms. The maximum atomic E-state index is 12.7. The van der Waals surface area contributed by atoms with Crippen LogP contribution in [-0.4, -0.2) is 41.9 Å². The lowest BCUT2D eigenvalue weighted by Crippen LogP contribution is -2.35. The highest BCUT2D eigenvalue weighted by Crippen LogP contribution is 2.22. The number of nitrogens with one attached hydrogen (secondary N) is 2. The molecule has 3 aromatic rings. The van der Waals surface area contributed by atoms with Gasteiger partial charge in [0.1, 0.15) is 0 Å². The fraction of sp³-hybridized carbons (Fsp3) is 0.318. The van der Waals surface area contributed by atoms with Gasteiger partial charge in [-0.1, -0.05) is 35.8 Å². The Morgan fingerprint density at radius 1 is 1.09 bits per heavy atom. The molecule has 1 aromatic heterocycles. The summed E-state index contributed by atoms with van der Waals surface area (Å²) in [5.74, 6) is -0.546. The van der Waals surface area contributed by atoms with E-state index in [-0.39, 0.29) is 23.0 Å². The first-order chi connectivity index (χ1) is 15.4. The van der Waals surface area contributed by atoms with Crippen molar-refractivity contribution in [2.24, 2.45) is 0 Å². The van der Waals surface area contributed by atoms with Crippen LogP contribution in [0, 0.1) is 0 Å². The van der Waals surface area contributed by atoms with E-state index in [0.717, 1.165) is 24.8 Å². The Labute approximate surface area is 185 Å². The Morgan fingerprint density at radius 2 is 1.84 bits per heavy atom. The number of rotatable bonds is 7. The van der Waals surface area contributed by atoms with Gasteiger partial charge in [0.05, 0.1) is 4.90 Å². The van der Waals surface area contributed by atoms with Crippen molar-refractivity contribution < 1.29 is 17.7 Å². The Kier molecular flexibility index (Phi) is 6.52. The summed E-state index contributed by atoms with van der Waals surface area (Å²) in [6.07, 6.45) is 3.57. The third-order valence-electron chi connectivity index (χ3n) is 5.38. The molecule has 32 heavy (non-hydrogen) atoms. The van der Waals surface area contributed by atoms with Crippen LogP contribution in [0.4, 0.5) is 5.69 Å². The molecular weight excluding hydrogens is 432 g/mol. The number of anilines is 1. The second-order valence-electron chi connectivity index (χ2n) is 7.68. The Hall–Kier alpha value is -3.24. The monoisotopic (exact) mass is 456 g/mol. The minimum atomic E-state index is -3.46. The van der Waals surface area contributed by atoms with Gasteiger partial charge in [0.15, 0.2) is 5.82 Å². The van der Waals surface area contributed by atoms with Gasteiger partial charge in [-0.25, -0.2) is 13.2 Å². The number of piperidine rings is 1. The number of amides is 1. The average Bonchev–Trinajstić information content (AvgIpc) is 3.25. The number of aromatic amines is 1. The standard InChI is InChI=1S/C22H24N4O5S/c27-20(23-18-6-4-5-17(15-18)21-24-22(28)31-25-21)12-9-16-7-10-19(11-8-16)32(29,30)26-13-2-1-3-14-26/h4-8,10-11,15H,1-3,9,12-14H2,(H,23,27)(H,24,25,28). The zero-order valence-corrected chi connectivity index (χ0v) is 18.2. The van der Waals surface area contributed by atoms with Crippen molar-refractivity contribution >= 4 is 21.6 Å². The molecule has 2 N–H and O–H groups in total. The lowest BCUT2D eigenvalue weighted by Gasteiger charge is -2.25. The summed E-state index contributed by atoms with van der Waals surface area (Å²) in [6.45, 7) is 1.14. The van der Waals surface area contributed by atoms with E-state index < -0.39 is 15.8 Å². The smallest absolute Gasteiger partial charge is 0.326 e. The van der Waals surface area contributed by atoms with Crippen LogP contribution in [0.15, 0.2) is 62.7 Å². The molecule has 0 radical (unpaired) electrons. The molecule has 2 heterocycles. The van der Waals surface area contributed by atoms with E-state index in [0.29, 0.717) is 30.8 Å². The summed E-state index contributed by atoms with van der Waals surface area (Å²) in [5, 5.41) is 6.45. The fourth-order valence-corrected chi connectivity index (χ4v) is 5.18. The van der Waals surface area contributed by atoms with Crippen LogP contribution in [0.3, 0.4) is 0 Å². The minimum absolute atomic E-state index is 0.180. The lowest BCUT2D eigenvalue weighted by atomic mass is 10.1. The summed E-state index contributed by atoms with van der Waals surface area (Å²) in [6, 6.07) is 13.6. The number of H-pyrrole nitrogens is 1. The lowest BCUT2D eigenvalue weighted by molar-refractivity contribution is -0.116. The normalized spacial score (nSPS) is 14.9. The molecule has 0 saturated carbocycles. The first-order valence-corrected chi connectivity index (χ1v) is 11.9. The first-order valence-electron chi connectivity index (χ1n) is 10.5. The maximum Gasteiger partial charge on any atom is 0.439 e. The second-order valence-corrected chi connectivity index (χ2v) is 9.62. The van der Waals surface area contributed by atoms with Gasteiger partial charge < -0.3 is 5.32 Å². The van der Waals surface area contributed by atoms with Crippen molar-refractivity contribution in [2.45, 2.75) is 37.0 Å². The number of hydrogen-bond donors (Lipinski definition) is 2. The van der Waals surface area contributed by atoms with Crippen molar-refractivity contribution in [1.82, 2.24) is 14.4 Å². The number of hydrogen-bond acceptors (Lipinski definition) is 6. The zero-order chi connectivity index (χ0) is 22.6. The molecule has 1 amide bonds. The van der Waals surface area contributed by atoms with Gasteiger partial charge in [-0.2, -0.15) is 4.31 Å². The van der Waals surface area contributed by atoms with Crippen LogP contribution >= 0.6 is 0 Å². The summed E-state index contributed by atoms with van der Waals surface area (Å²) in [4.78, 5) is 26.2. The van der Waals surface area contributed by atoms with E-state index >= 15 is 0 Å². The van der Waals surface area contributed by atoms with Crippen molar-refractivity contribution in [2.75, 3.05) is 18.4 Å². The molecular formula is C22H24N4O5S. The van der Waals surface area contributed by atoms with E-state index in [4.69, 9.17) is 0 Å². The second kappa shape index (κ2) is 9.49. The Balaban J connectivity index is 1.34. The Morgan fingerprint density at radius 3 is 2.53 bits per heavy atom. The molecule has 0 aliphatic carbocycles. The molecule has 1 fully saturated rings. The molecule has 2 aromatic carbocycles. The molecule has 0 unspecified atom stereocenters. The van der Waals surface area contributed by atoms with Gasteiger partial charge in [0.2, 0.25) is 15.9 Å². The number of carbonyl (C=O) groups is 1. The predicted molar refractivity (Wildman–Crippen MR) is 119 cm³/mol. The van der Waals surface area contributed by atoms with E-state index in [1.165, 1.54) is 0 Å². The maximum absolute atomic E-state index is 12.7. The molecule has 1 aliphatic heterocycles. The molecule has 1 saturated heterocycles. The van der Waals surface area contributed by atoms with Crippen LogP contribution in [0.25, 0.3) is 11.4 Å². The topological polar surface area (TPSA) is 125 Å². The number of carbonyl (C=O) groups excluding carboxylic acids is 1. The number of nitrogens with zero attached hydrogens (tertiary/aromatic N) is 2. The largest absolute Gasteiger partial charge is 0.439 e. The van der Waals surface area contributed by atoms with E-state index in [1.54, 1.807) is 52.8 Å². The van der Waals surface area contributed by atoms with E-state index in [9.17, 15) is 18.0 Å². The first kappa shape index (κ1) is 22.0.